The van der Waals surface area contributed by atoms with Crippen molar-refractivity contribution in [2.24, 2.45) is 4.99 Å². The molecule has 0 aliphatic rings. The normalized spacial score (nSPS) is 12.8. The van der Waals surface area contributed by atoms with E-state index in [-0.39, 0.29) is 5.60 Å². The smallest absolute Gasteiger partial charge is 0.191 e. The first-order chi connectivity index (χ1) is 10.4. The summed E-state index contributed by atoms with van der Waals surface area (Å²) in [7, 11) is 1.71. The summed E-state index contributed by atoms with van der Waals surface area (Å²) in [6.45, 7) is 12.8. The van der Waals surface area contributed by atoms with Gasteiger partial charge in [0, 0.05) is 37.9 Å². The Kier molecular flexibility index (Phi) is 7.82. The molecule has 0 amide bonds. The maximum atomic E-state index is 5.39. The van der Waals surface area contributed by atoms with Crippen LogP contribution < -0.4 is 10.6 Å². The zero-order valence-electron chi connectivity index (χ0n) is 14.7. The first kappa shape index (κ1) is 18.9. The van der Waals surface area contributed by atoms with Gasteiger partial charge in [0.05, 0.1) is 22.8 Å². The summed E-state index contributed by atoms with van der Waals surface area (Å²) in [5.74, 6) is 1.33. The van der Waals surface area contributed by atoms with Gasteiger partial charge >= 0.3 is 0 Å². The summed E-state index contributed by atoms with van der Waals surface area (Å²) >= 11 is 1.74. The summed E-state index contributed by atoms with van der Waals surface area (Å²) < 4.78 is 5.39. The monoisotopic (exact) mass is 326 g/mol. The third-order valence-corrected chi connectivity index (χ3v) is 4.45. The van der Waals surface area contributed by atoms with Gasteiger partial charge in [0.1, 0.15) is 0 Å². The fourth-order valence-electron chi connectivity index (χ4n) is 1.69. The number of guanidine groups is 1. The molecule has 0 aliphatic heterocycles. The van der Waals surface area contributed by atoms with E-state index >= 15 is 0 Å². The molecule has 0 spiro atoms. The van der Waals surface area contributed by atoms with Gasteiger partial charge < -0.3 is 15.4 Å². The molecule has 0 atom stereocenters. The van der Waals surface area contributed by atoms with E-state index in [0.717, 1.165) is 31.2 Å². The van der Waals surface area contributed by atoms with E-state index in [2.05, 4.69) is 46.8 Å². The highest BCUT2D eigenvalue weighted by Gasteiger charge is 2.15. The maximum absolute atomic E-state index is 5.39. The van der Waals surface area contributed by atoms with Crippen LogP contribution in [0, 0.1) is 0 Å². The maximum Gasteiger partial charge on any atom is 0.191 e. The lowest BCUT2D eigenvalue weighted by atomic mass is 10.1. The van der Waals surface area contributed by atoms with E-state index in [4.69, 9.17) is 4.74 Å². The van der Waals surface area contributed by atoms with Crippen molar-refractivity contribution in [2.75, 3.05) is 26.7 Å². The molecule has 1 aromatic heterocycles. The molecule has 1 heterocycles. The molecule has 1 aromatic rings. The Labute approximate surface area is 138 Å². The van der Waals surface area contributed by atoms with E-state index < -0.39 is 0 Å². The molecule has 0 fully saturated rings. The highest BCUT2D eigenvalue weighted by molar-refractivity contribution is 7.09. The quantitative estimate of drug-likeness (QED) is 0.570. The van der Waals surface area contributed by atoms with Crippen molar-refractivity contribution in [1.29, 1.82) is 0 Å². The molecule has 22 heavy (non-hydrogen) atoms. The fourth-order valence-corrected chi connectivity index (χ4v) is 2.56. The predicted octanol–water partition coefficient (Wildman–Crippen LogP) is 2.79. The summed E-state index contributed by atoms with van der Waals surface area (Å²) in [6.07, 6.45) is 0.904. The number of ether oxygens (including phenoxy) is 1. The van der Waals surface area contributed by atoms with Crippen molar-refractivity contribution in [3.8, 4) is 0 Å². The van der Waals surface area contributed by atoms with Crippen LogP contribution in [0.15, 0.2) is 10.4 Å². The third-order valence-electron chi connectivity index (χ3n) is 3.25. The molecule has 0 saturated heterocycles. The lowest BCUT2D eigenvalue weighted by Crippen LogP contribution is -2.40. The molecular formula is C16H30N4OS. The molecule has 126 valence electrons. The van der Waals surface area contributed by atoms with E-state index in [9.17, 15) is 0 Å². The van der Waals surface area contributed by atoms with Gasteiger partial charge in [0.15, 0.2) is 5.96 Å². The second-order valence-electron chi connectivity index (χ2n) is 6.17. The van der Waals surface area contributed by atoms with Crippen LogP contribution in [-0.4, -0.2) is 43.3 Å². The highest BCUT2D eigenvalue weighted by Crippen LogP contribution is 2.19. The van der Waals surface area contributed by atoms with Crippen LogP contribution in [0.2, 0.25) is 0 Å². The molecule has 0 aromatic carbocycles. The molecule has 0 bridgehead atoms. The fraction of sp³-hybridized carbons (Fsp3) is 0.750. The lowest BCUT2D eigenvalue weighted by molar-refractivity contribution is 0.0310. The van der Waals surface area contributed by atoms with Crippen molar-refractivity contribution >= 4 is 17.3 Å². The molecule has 1 rings (SSSR count). The molecule has 6 heteroatoms. The Hall–Kier alpha value is -1.14. The number of nitrogens with one attached hydrogen (secondary N) is 2. The minimum atomic E-state index is -0.247. The van der Waals surface area contributed by atoms with Gasteiger partial charge in [0.25, 0.3) is 0 Å². The van der Waals surface area contributed by atoms with E-state index in [1.165, 1.54) is 5.01 Å². The standard InChI is InChI=1S/C16H30N4OS/c1-7-17-15(19-11-16(4,5)21-6)18-9-8-13-10-22-14(20-13)12(2)3/h10,12H,7-9,11H2,1-6H3,(H2,17,18,19). The third kappa shape index (κ3) is 6.75. The average molecular weight is 327 g/mol. The van der Waals surface area contributed by atoms with Gasteiger partial charge in [-0.25, -0.2) is 4.98 Å². The molecule has 0 unspecified atom stereocenters. The van der Waals surface area contributed by atoms with Crippen molar-refractivity contribution in [3.05, 3.63) is 16.1 Å². The van der Waals surface area contributed by atoms with Crippen LogP contribution >= 0.6 is 11.3 Å². The summed E-state index contributed by atoms with van der Waals surface area (Å²) in [5, 5.41) is 9.96. The number of hydrogen-bond donors (Lipinski definition) is 2. The summed E-state index contributed by atoms with van der Waals surface area (Å²) in [5.41, 5.74) is 0.901. The van der Waals surface area contributed by atoms with E-state index in [0.29, 0.717) is 12.5 Å². The van der Waals surface area contributed by atoms with Crippen LogP contribution in [0.25, 0.3) is 0 Å². The van der Waals surface area contributed by atoms with Gasteiger partial charge in [-0.05, 0) is 20.8 Å². The second kappa shape index (κ2) is 9.10. The van der Waals surface area contributed by atoms with Crippen molar-refractivity contribution in [2.45, 2.75) is 52.6 Å². The zero-order chi connectivity index (χ0) is 16.6. The topological polar surface area (TPSA) is 58.5 Å². The van der Waals surface area contributed by atoms with Gasteiger partial charge in [-0.3, -0.25) is 4.99 Å². The van der Waals surface area contributed by atoms with Gasteiger partial charge in [0.2, 0.25) is 0 Å². The molecule has 0 saturated carbocycles. The van der Waals surface area contributed by atoms with Gasteiger partial charge in [-0.1, -0.05) is 13.8 Å². The molecule has 2 N–H and O–H groups in total. The number of nitrogens with zero attached hydrogens (tertiary/aromatic N) is 2. The van der Waals surface area contributed by atoms with E-state index in [1.807, 2.05) is 13.8 Å². The van der Waals surface area contributed by atoms with Gasteiger partial charge in [-0.15, -0.1) is 11.3 Å². The van der Waals surface area contributed by atoms with Crippen LogP contribution in [-0.2, 0) is 11.2 Å². The Bertz CT molecular complexity index is 468. The molecular weight excluding hydrogens is 296 g/mol. The Balaban J connectivity index is 2.48. The first-order valence-electron chi connectivity index (χ1n) is 7.89. The number of rotatable bonds is 8. The average Bonchev–Trinajstić information content (AvgIpc) is 2.94. The van der Waals surface area contributed by atoms with Crippen molar-refractivity contribution in [1.82, 2.24) is 15.6 Å². The van der Waals surface area contributed by atoms with Crippen molar-refractivity contribution < 1.29 is 4.74 Å². The van der Waals surface area contributed by atoms with Crippen LogP contribution in [0.5, 0.6) is 0 Å². The van der Waals surface area contributed by atoms with Crippen LogP contribution in [0.4, 0.5) is 0 Å². The number of thiazole rings is 1. The van der Waals surface area contributed by atoms with Gasteiger partial charge in [-0.2, -0.15) is 0 Å². The highest BCUT2D eigenvalue weighted by atomic mass is 32.1. The van der Waals surface area contributed by atoms with Crippen LogP contribution in [0.1, 0.15) is 51.2 Å². The van der Waals surface area contributed by atoms with E-state index in [1.54, 1.807) is 18.4 Å². The SMILES string of the molecule is CCNC(=NCC(C)(C)OC)NCCc1csc(C(C)C)n1. The molecule has 5 nitrogen and oxygen atoms in total. The number of aromatic nitrogens is 1. The van der Waals surface area contributed by atoms with Crippen molar-refractivity contribution in [3.63, 3.8) is 0 Å². The number of methoxy groups -OCH3 is 1. The number of aliphatic imine (C=N–C) groups is 1. The second-order valence-corrected chi connectivity index (χ2v) is 7.06. The Morgan fingerprint density at radius 2 is 2.14 bits per heavy atom. The Morgan fingerprint density at radius 3 is 2.68 bits per heavy atom. The lowest BCUT2D eigenvalue weighted by Gasteiger charge is -2.21. The summed E-state index contributed by atoms with van der Waals surface area (Å²) in [4.78, 5) is 9.22. The van der Waals surface area contributed by atoms with Crippen LogP contribution in [0.3, 0.4) is 0 Å². The molecule has 0 aliphatic carbocycles. The Morgan fingerprint density at radius 1 is 1.41 bits per heavy atom. The minimum Gasteiger partial charge on any atom is -0.377 e. The molecule has 0 radical (unpaired) electrons. The predicted molar refractivity (Wildman–Crippen MR) is 95.0 cm³/mol. The largest absolute Gasteiger partial charge is 0.377 e. The number of hydrogen-bond acceptors (Lipinski definition) is 4. The minimum absolute atomic E-state index is 0.247. The zero-order valence-corrected chi connectivity index (χ0v) is 15.5. The summed E-state index contributed by atoms with van der Waals surface area (Å²) in [6, 6.07) is 0. The first-order valence-corrected chi connectivity index (χ1v) is 8.77.